The first-order chi connectivity index (χ1) is 8.22. The van der Waals surface area contributed by atoms with Crippen molar-refractivity contribution in [3.63, 3.8) is 0 Å². The largest absolute Gasteiger partial charge is 0.507 e. The molecule has 0 saturated carbocycles. The Morgan fingerprint density at radius 1 is 1.50 bits per heavy atom. The molecule has 0 amide bonds. The van der Waals surface area contributed by atoms with E-state index in [-0.39, 0.29) is 23.5 Å². The van der Waals surface area contributed by atoms with Crippen LogP contribution in [0.5, 0.6) is 5.75 Å². The van der Waals surface area contributed by atoms with Gasteiger partial charge in [0.25, 0.3) is 0 Å². The number of aromatic hydroxyl groups is 1. The molecule has 0 fully saturated rings. The van der Waals surface area contributed by atoms with E-state index >= 15 is 0 Å². The average Bonchev–Trinajstić information content (AvgIpc) is 2.28. The zero-order valence-electron chi connectivity index (χ0n) is 10.1. The molecule has 0 aromatic heterocycles. The Kier molecular flexibility index (Phi) is 4.37. The molecule has 1 aromatic carbocycles. The van der Waals surface area contributed by atoms with E-state index in [0.29, 0.717) is 4.47 Å². The van der Waals surface area contributed by atoms with Crippen molar-refractivity contribution < 1.29 is 20.1 Å². The summed E-state index contributed by atoms with van der Waals surface area (Å²) in [6.45, 7) is 3.28. The molecule has 0 aliphatic heterocycles. The number of halogens is 1. The molecular weight excluding hydrogens is 302 g/mol. The smallest absolute Gasteiger partial charge is 0.339 e. The maximum atomic E-state index is 11.0. The van der Waals surface area contributed by atoms with Gasteiger partial charge in [-0.3, -0.25) is 0 Å². The molecule has 0 heterocycles. The molecule has 1 aromatic rings. The summed E-state index contributed by atoms with van der Waals surface area (Å²) < 4.78 is 0.513. The average molecular weight is 318 g/mol. The number of carboxylic acid groups (broad SMARTS) is 1. The maximum absolute atomic E-state index is 11.0. The van der Waals surface area contributed by atoms with Crippen molar-refractivity contribution in [1.82, 2.24) is 0 Å². The van der Waals surface area contributed by atoms with E-state index in [4.69, 9.17) is 10.8 Å². The van der Waals surface area contributed by atoms with Crippen molar-refractivity contribution >= 4 is 21.9 Å². The van der Waals surface area contributed by atoms with Gasteiger partial charge in [0.05, 0.1) is 0 Å². The third-order valence-electron chi connectivity index (χ3n) is 2.95. The molecule has 0 radical (unpaired) electrons. The molecule has 0 aliphatic rings. The number of rotatable bonds is 4. The van der Waals surface area contributed by atoms with Gasteiger partial charge in [-0.15, -0.1) is 0 Å². The summed E-state index contributed by atoms with van der Waals surface area (Å²) in [6.07, 6.45) is 0. The second-order valence-corrected chi connectivity index (χ2v) is 5.64. The lowest BCUT2D eigenvalue weighted by molar-refractivity contribution is 0.0693. The van der Waals surface area contributed by atoms with Gasteiger partial charge in [0.2, 0.25) is 0 Å². The highest BCUT2D eigenvalue weighted by Crippen LogP contribution is 2.41. The monoisotopic (exact) mass is 317 g/mol. The Morgan fingerprint density at radius 3 is 2.50 bits per heavy atom. The standard InChI is InChI=1S/C12H16BrNO4/c1-12(2,5-15)10(14)8-7(13)4-3-6(9(8)16)11(17)18/h3-4,10,15-16H,5,14H2,1-2H3,(H,17,18)/t10-/m1/s1. The van der Waals surface area contributed by atoms with Crippen LogP contribution in [0.2, 0.25) is 0 Å². The van der Waals surface area contributed by atoms with Crippen LogP contribution in [-0.2, 0) is 0 Å². The van der Waals surface area contributed by atoms with E-state index < -0.39 is 17.4 Å². The van der Waals surface area contributed by atoms with E-state index in [2.05, 4.69) is 15.9 Å². The Morgan fingerprint density at radius 2 is 2.06 bits per heavy atom. The lowest BCUT2D eigenvalue weighted by Crippen LogP contribution is -2.33. The summed E-state index contributed by atoms with van der Waals surface area (Å²) in [4.78, 5) is 11.0. The molecule has 18 heavy (non-hydrogen) atoms. The minimum Gasteiger partial charge on any atom is -0.507 e. The van der Waals surface area contributed by atoms with Gasteiger partial charge in [-0.1, -0.05) is 29.8 Å². The zero-order valence-corrected chi connectivity index (χ0v) is 11.7. The van der Waals surface area contributed by atoms with Crippen molar-refractivity contribution in [2.75, 3.05) is 6.61 Å². The second-order valence-electron chi connectivity index (χ2n) is 4.79. The van der Waals surface area contributed by atoms with Crippen molar-refractivity contribution in [3.8, 4) is 5.75 Å². The number of benzene rings is 1. The Hall–Kier alpha value is -1.11. The highest BCUT2D eigenvalue weighted by atomic mass is 79.9. The summed E-state index contributed by atoms with van der Waals surface area (Å²) in [5.74, 6) is -1.60. The van der Waals surface area contributed by atoms with E-state index in [1.807, 2.05) is 0 Å². The quantitative estimate of drug-likeness (QED) is 0.678. The fourth-order valence-electron chi connectivity index (χ4n) is 1.54. The SMILES string of the molecule is CC(C)(CO)[C@H](N)c1c(Br)ccc(C(=O)O)c1O. The van der Waals surface area contributed by atoms with Crippen LogP contribution in [0.1, 0.15) is 35.8 Å². The van der Waals surface area contributed by atoms with Crippen LogP contribution < -0.4 is 5.73 Å². The number of nitrogens with two attached hydrogens (primary N) is 1. The number of aliphatic hydroxyl groups excluding tert-OH is 1. The van der Waals surface area contributed by atoms with Crippen LogP contribution in [-0.4, -0.2) is 27.9 Å². The van der Waals surface area contributed by atoms with E-state index in [0.717, 1.165) is 0 Å². The molecule has 0 bridgehead atoms. The van der Waals surface area contributed by atoms with Crippen LogP contribution in [0, 0.1) is 5.41 Å². The van der Waals surface area contributed by atoms with Crippen LogP contribution >= 0.6 is 15.9 Å². The summed E-state index contributed by atoms with van der Waals surface area (Å²) in [7, 11) is 0. The van der Waals surface area contributed by atoms with Crippen molar-refractivity contribution in [2.24, 2.45) is 11.1 Å². The van der Waals surface area contributed by atoms with Crippen molar-refractivity contribution in [1.29, 1.82) is 0 Å². The van der Waals surface area contributed by atoms with Crippen molar-refractivity contribution in [2.45, 2.75) is 19.9 Å². The molecule has 0 spiro atoms. The van der Waals surface area contributed by atoms with E-state index in [1.165, 1.54) is 12.1 Å². The fraction of sp³-hybridized carbons (Fsp3) is 0.417. The number of aliphatic hydroxyl groups is 1. The Balaban J connectivity index is 3.40. The van der Waals surface area contributed by atoms with Gasteiger partial charge in [0.15, 0.2) is 0 Å². The number of phenols is 1. The Labute approximate surface area is 113 Å². The zero-order chi connectivity index (χ0) is 14.1. The predicted octanol–water partition coefficient (Wildman–Crippen LogP) is 1.87. The normalized spacial score (nSPS) is 13.4. The minimum absolute atomic E-state index is 0.183. The summed E-state index contributed by atoms with van der Waals surface area (Å²) in [5, 5.41) is 28.2. The van der Waals surface area contributed by atoms with Gasteiger partial charge in [0, 0.05) is 28.1 Å². The molecule has 0 unspecified atom stereocenters. The molecule has 6 heteroatoms. The predicted molar refractivity (Wildman–Crippen MR) is 70.6 cm³/mol. The third kappa shape index (κ3) is 2.66. The first-order valence-corrected chi connectivity index (χ1v) is 6.12. The molecule has 0 aliphatic carbocycles. The number of hydrogen-bond acceptors (Lipinski definition) is 4. The van der Waals surface area contributed by atoms with Crippen LogP contribution in [0.4, 0.5) is 0 Å². The van der Waals surface area contributed by atoms with Crippen molar-refractivity contribution in [3.05, 3.63) is 27.7 Å². The van der Waals surface area contributed by atoms with Gasteiger partial charge in [-0.25, -0.2) is 4.79 Å². The highest BCUT2D eigenvalue weighted by Gasteiger charge is 2.32. The van der Waals surface area contributed by atoms with Crippen LogP contribution in [0.15, 0.2) is 16.6 Å². The summed E-state index contributed by atoms with van der Waals surface area (Å²) >= 11 is 3.24. The van der Waals surface area contributed by atoms with E-state index in [1.54, 1.807) is 13.8 Å². The lowest BCUT2D eigenvalue weighted by atomic mass is 9.81. The Bertz CT molecular complexity index is 473. The first-order valence-electron chi connectivity index (χ1n) is 5.33. The molecule has 100 valence electrons. The van der Waals surface area contributed by atoms with Crippen LogP contribution in [0.3, 0.4) is 0 Å². The summed E-state index contributed by atoms with van der Waals surface area (Å²) in [5.41, 5.74) is 5.40. The molecule has 1 rings (SSSR count). The minimum atomic E-state index is -1.23. The van der Waals surface area contributed by atoms with Gasteiger partial charge in [-0.2, -0.15) is 0 Å². The van der Waals surface area contributed by atoms with Gasteiger partial charge >= 0.3 is 5.97 Å². The number of carbonyl (C=O) groups is 1. The third-order valence-corrected chi connectivity index (χ3v) is 3.65. The number of hydrogen-bond donors (Lipinski definition) is 4. The molecule has 0 saturated heterocycles. The maximum Gasteiger partial charge on any atom is 0.339 e. The molecule has 5 N–H and O–H groups in total. The van der Waals surface area contributed by atoms with Gasteiger partial charge < -0.3 is 21.1 Å². The van der Waals surface area contributed by atoms with Gasteiger partial charge in [0.1, 0.15) is 11.3 Å². The van der Waals surface area contributed by atoms with E-state index in [9.17, 15) is 15.0 Å². The molecule has 5 nitrogen and oxygen atoms in total. The van der Waals surface area contributed by atoms with Crippen LogP contribution in [0.25, 0.3) is 0 Å². The fourth-order valence-corrected chi connectivity index (χ4v) is 2.11. The topological polar surface area (TPSA) is 104 Å². The summed E-state index contributed by atoms with van der Waals surface area (Å²) in [6, 6.07) is 2.12. The highest BCUT2D eigenvalue weighted by molar-refractivity contribution is 9.10. The molecular formula is C12H16BrNO4. The number of aromatic carboxylic acids is 1. The molecule has 1 atom stereocenters. The van der Waals surface area contributed by atoms with Gasteiger partial charge in [-0.05, 0) is 12.1 Å². The second kappa shape index (κ2) is 5.26. The lowest BCUT2D eigenvalue weighted by Gasteiger charge is -2.31. The first kappa shape index (κ1) is 14.9. The number of carboxylic acids is 1.